The number of halogens is 2. The van der Waals surface area contributed by atoms with E-state index in [0.717, 1.165) is 28.8 Å². The second kappa shape index (κ2) is 5.11. The van der Waals surface area contributed by atoms with E-state index in [1.54, 1.807) is 16.7 Å². The minimum Gasteiger partial charge on any atom is -0.274 e. The minimum atomic E-state index is 0.0750. The van der Waals surface area contributed by atoms with E-state index in [1.807, 2.05) is 30.3 Å². The van der Waals surface area contributed by atoms with Crippen molar-refractivity contribution in [2.75, 3.05) is 0 Å². The van der Waals surface area contributed by atoms with E-state index in [9.17, 15) is 4.79 Å². The summed E-state index contributed by atoms with van der Waals surface area (Å²) >= 11 is 11.9. The number of carbonyl (C=O) groups excluding carboxylic acids is 1. The van der Waals surface area contributed by atoms with Crippen molar-refractivity contribution in [3.63, 3.8) is 0 Å². The third-order valence-corrected chi connectivity index (χ3v) is 4.61. The molecule has 22 heavy (non-hydrogen) atoms. The highest BCUT2D eigenvalue weighted by Crippen LogP contribution is 2.32. The van der Waals surface area contributed by atoms with Crippen molar-refractivity contribution in [1.82, 2.24) is 9.55 Å². The van der Waals surface area contributed by atoms with Crippen molar-refractivity contribution < 1.29 is 4.79 Å². The quantitative estimate of drug-likeness (QED) is 0.647. The van der Waals surface area contributed by atoms with Gasteiger partial charge in [-0.3, -0.25) is 9.36 Å². The van der Waals surface area contributed by atoms with Gasteiger partial charge in [-0.05, 0) is 41.8 Å². The van der Waals surface area contributed by atoms with Crippen LogP contribution in [-0.2, 0) is 6.42 Å². The van der Waals surface area contributed by atoms with Crippen LogP contribution in [0.3, 0.4) is 0 Å². The molecule has 4 rings (SSSR count). The Balaban J connectivity index is 1.78. The number of benzene rings is 2. The lowest BCUT2D eigenvalue weighted by molar-refractivity contribution is 0.0877. The highest BCUT2D eigenvalue weighted by Gasteiger charge is 2.28. The number of imidazole rings is 1. The van der Waals surface area contributed by atoms with Crippen molar-refractivity contribution in [2.24, 2.45) is 0 Å². The van der Waals surface area contributed by atoms with Gasteiger partial charge in [-0.15, -0.1) is 0 Å². The van der Waals surface area contributed by atoms with E-state index in [2.05, 4.69) is 4.98 Å². The Bertz CT molecular complexity index is 884. The Morgan fingerprint density at radius 2 is 1.73 bits per heavy atom. The van der Waals surface area contributed by atoms with Crippen LogP contribution in [0.15, 0.2) is 42.5 Å². The lowest BCUT2D eigenvalue weighted by Crippen LogP contribution is -2.25. The molecule has 0 radical (unpaired) electrons. The molecule has 1 aliphatic heterocycles. The van der Waals surface area contributed by atoms with Gasteiger partial charge in [0, 0.05) is 22.9 Å². The van der Waals surface area contributed by atoms with Crippen LogP contribution in [0.2, 0.25) is 10.0 Å². The maximum absolute atomic E-state index is 12.6. The van der Waals surface area contributed by atoms with Gasteiger partial charge in [0.25, 0.3) is 0 Å². The van der Waals surface area contributed by atoms with Crippen LogP contribution in [0.1, 0.15) is 28.5 Å². The Morgan fingerprint density at radius 1 is 1.00 bits per heavy atom. The maximum Gasteiger partial charge on any atom is 0.233 e. The van der Waals surface area contributed by atoms with Crippen molar-refractivity contribution in [3.8, 4) is 0 Å². The molecule has 1 unspecified atom stereocenters. The first kappa shape index (κ1) is 13.8. The van der Waals surface area contributed by atoms with Crippen LogP contribution in [0.4, 0.5) is 0 Å². The molecule has 110 valence electrons. The maximum atomic E-state index is 12.6. The average Bonchev–Trinajstić information content (AvgIpc) is 2.85. The Morgan fingerprint density at radius 3 is 2.50 bits per heavy atom. The van der Waals surface area contributed by atoms with E-state index >= 15 is 0 Å². The van der Waals surface area contributed by atoms with E-state index in [4.69, 9.17) is 23.2 Å². The van der Waals surface area contributed by atoms with Gasteiger partial charge in [-0.2, -0.15) is 0 Å². The summed E-state index contributed by atoms with van der Waals surface area (Å²) in [5, 5.41) is 1.33. The zero-order chi connectivity index (χ0) is 15.3. The van der Waals surface area contributed by atoms with Gasteiger partial charge >= 0.3 is 0 Å². The Kier molecular flexibility index (Phi) is 3.21. The summed E-state index contributed by atoms with van der Waals surface area (Å²) in [6, 6.07) is 13.1. The van der Waals surface area contributed by atoms with Crippen LogP contribution < -0.4 is 0 Å². The van der Waals surface area contributed by atoms with Gasteiger partial charge in [0.1, 0.15) is 5.82 Å². The zero-order valence-corrected chi connectivity index (χ0v) is 13.1. The van der Waals surface area contributed by atoms with Gasteiger partial charge in [-0.1, -0.05) is 35.3 Å². The van der Waals surface area contributed by atoms with Crippen LogP contribution in [-0.4, -0.2) is 15.5 Å². The molecule has 1 aliphatic rings. The normalized spacial score (nSPS) is 17.7. The molecule has 0 spiro atoms. The molecule has 0 saturated heterocycles. The SMILES string of the molecule is O=C1CC(c2ccc(Cl)cc2)Cc2nc3cc(Cl)ccc3n21. The second-order valence-corrected chi connectivity index (χ2v) is 6.42. The first-order valence-corrected chi connectivity index (χ1v) is 7.83. The van der Waals surface area contributed by atoms with Crippen LogP contribution in [0.25, 0.3) is 11.0 Å². The fourth-order valence-electron chi connectivity index (χ4n) is 3.08. The Hall–Kier alpha value is -1.84. The predicted octanol–water partition coefficient (Wildman–Crippen LogP) is 4.71. The van der Waals surface area contributed by atoms with Crippen molar-refractivity contribution in [3.05, 3.63) is 63.9 Å². The summed E-state index contributed by atoms with van der Waals surface area (Å²) in [6.07, 6.45) is 1.21. The van der Waals surface area contributed by atoms with E-state index in [0.29, 0.717) is 16.5 Å². The second-order valence-electron chi connectivity index (χ2n) is 5.55. The highest BCUT2D eigenvalue weighted by atomic mass is 35.5. The summed E-state index contributed by atoms with van der Waals surface area (Å²) in [5.74, 6) is 1.02. The van der Waals surface area contributed by atoms with Crippen LogP contribution >= 0.6 is 23.2 Å². The Labute approximate surface area is 137 Å². The lowest BCUT2D eigenvalue weighted by Gasteiger charge is -2.22. The molecule has 2 aromatic carbocycles. The number of hydrogen-bond acceptors (Lipinski definition) is 2. The topological polar surface area (TPSA) is 34.9 Å². The molecule has 3 nitrogen and oxygen atoms in total. The molecule has 0 saturated carbocycles. The number of fused-ring (bicyclic) bond motifs is 3. The summed E-state index contributed by atoms with van der Waals surface area (Å²) in [5.41, 5.74) is 2.72. The molecular formula is C17H12Cl2N2O. The molecule has 0 N–H and O–H groups in total. The lowest BCUT2D eigenvalue weighted by atomic mass is 9.90. The number of nitrogens with zero attached hydrogens (tertiary/aromatic N) is 2. The monoisotopic (exact) mass is 330 g/mol. The van der Waals surface area contributed by atoms with E-state index < -0.39 is 0 Å². The number of aromatic nitrogens is 2. The summed E-state index contributed by atoms with van der Waals surface area (Å²) in [6.45, 7) is 0. The molecule has 0 fully saturated rings. The van der Waals surface area contributed by atoms with Crippen LogP contribution in [0, 0.1) is 0 Å². The first-order valence-electron chi connectivity index (χ1n) is 7.07. The van der Waals surface area contributed by atoms with Crippen LogP contribution in [0.5, 0.6) is 0 Å². The number of hydrogen-bond donors (Lipinski definition) is 0. The summed E-state index contributed by atoms with van der Waals surface area (Å²) in [4.78, 5) is 17.1. The van der Waals surface area contributed by atoms with E-state index in [1.165, 1.54) is 0 Å². The average molecular weight is 331 g/mol. The summed E-state index contributed by atoms with van der Waals surface area (Å²) < 4.78 is 1.72. The fourth-order valence-corrected chi connectivity index (χ4v) is 3.38. The van der Waals surface area contributed by atoms with Gasteiger partial charge in [0.2, 0.25) is 5.91 Å². The number of rotatable bonds is 1. The molecular weight excluding hydrogens is 319 g/mol. The first-order chi connectivity index (χ1) is 10.6. The summed E-state index contributed by atoms with van der Waals surface area (Å²) in [7, 11) is 0. The van der Waals surface area contributed by atoms with Gasteiger partial charge in [0.15, 0.2) is 0 Å². The van der Waals surface area contributed by atoms with Crippen molar-refractivity contribution in [1.29, 1.82) is 0 Å². The van der Waals surface area contributed by atoms with Gasteiger partial charge in [0.05, 0.1) is 11.0 Å². The molecule has 0 bridgehead atoms. The highest BCUT2D eigenvalue weighted by molar-refractivity contribution is 6.31. The van der Waals surface area contributed by atoms with Crippen molar-refractivity contribution in [2.45, 2.75) is 18.8 Å². The fraction of sp³-hybridized carbons (Fsp3) is 0.176. The molecule has 5 heteroatoms. The molecule has 1 aromatic heterocycles. The van der Waals surface area contributed by atoms with Crippen molar-refractivity contribution >= 4 is 40.1 Å². The molecule has 3 aromatic rings. The zero-order valence-electron chi connectivity index (χ0n) is 11.6. The molecule has 0 aliphatic carbocycles. The third-order valence-electron chi connectivity index (χ3n) is 4.13. The van der Waals surface area contributed by atoms with Gasteiger partial charge < -0.3 is 0 Å². The molecule has 2 heterocycles. The number of carbonyl (C=O) groups is 1. The molecule has 1 atom stereocenters. The largest absolute Gasteiger partial charge is 0.274 e. The standard InChI is InChI=1S/C17H12Cl2N2O/c18-12-3-1-10(2-4-12)11-7-16-20-14-9-13(19)5-6-15(14)21(16)17(22)8-11/h1-6,9,11H,7-8H2. The predicted molar refractivity (Wildman–Crippen MR) is 87.9 cm³/mol. The smallest absolute Gasteiger partial charge is 0.233 e. The third kappa shape index (κ3) is 2.21. The van der Waals surface area contributed by atoms with E-state index in [-0.39, 0.29) is 11.8 Å². The minimum absolute atomic E-state index is 0.0750. The molecule has 0 amide bonds. The van der Waals surface area contributed by atoms with Gasteiger partial charge in [-0.25, -0.2) is 4.98 Å².